The molecular formula is C48H36N4O. The van der Waals surface area contributed by atoms with Crippen LogP contribution in [-0.2, 0) is 10.8 Å². The number of hydrogen-bond donors (Lipinski definition) is 0. The fourth-order valence-corrected chi connectivity index (χ4v) is 9.59. The molecule has 2 aliphatic heterocycles. The van der Waals surface area contributed by atoms with Gasteiger partial charge in [-0.1, -0.05) is 113 Å². The van der Waals surface area contributed by atoms with Crippen LogP contribution in [0.25, 0.3) is 38.2 Å². The van der Waals surface area contributed by atoms with E-state index in [2.05, 4.69) is 153 Å². The molecule has 0 N–H and O–H groups in total. The van der Waals surface area contributed by atoms with Crippen molar-refractivity contribution in [1.29, 1.82) is 0 Å². The molecule has 0 radical (unpaired) electrons. The number of para-hydroxylation sites is 6. The van der Waals surface area contributed by atoms with E-state index >= 15 is 0 Å². The molecule has 0 spiro atoms. The smallest absolute Gasteiger partial charge is 0.264 e. The third-order valence-electron chi connectivity index (χ3n) is 12.1. The molecule has 0 fully saturated rings. The van der Waals surface area contributed by atoms with Crippen LogP contribution in [0.1, 0.15) is 49.9 Å². The molecule has 5 nitrogen and oxygen atoms in total. The Bertz CT molecular complexity index is 2850. The maximum atomic E-state index is 14.8. The Morgan fingerprint density at radius 2 is 0.849 bits per heavy atom. The van der Waals surface area contributed by atoms with Crippen molar-refractivity contribution in [2.45, 2.75) is 38.5 Å². The van der Waals surface area contributed by atoms with E-state index in [0.29, 0.717) is 11.0 Å². The molecule has 0 aliphatic carbocycles. The summed E-state index contributed by atoms with van der Waals surface area (Å²) in [6.45, 7) is 9.27. The van der Waals surface area contributed by atoms with Gasteiger partial charge in [-0.25, -0.2) is 4.98 Å². The fourth-order valence-electron chi connectivity index (χ4n) is 9.59. The molecule has 0 unspecified atom stereocenters. The van der Waals surface area contributed by atoms with Gasteiger partial charge in [0, 0.05) is 32.4 Å². The molecule has 0 saturated heterocycles. The van der Waals surface area contributed by atoms with Crippen LogP contribution < -0.4 is 15.4 Å². The van der Waals surface area contributed by atoms with E-state index in [1.165, 1.54) is 22.3 Å². The number of fused-ring (bicyclic) bond motifs is 8. The summed E-state index contributed by atoms with van der Waals surface area (Å²) in [5.74, 6) is 0. The van der Waals surface area contributed by atoms with Crippen LogP contribution in [0.4, 0.5) is 34.1 Å². The van der Waals surface area contributed by atoms with Crippen molar-refractivity contribution in [3.05, 3.63) is 178 Å². The molecule has 254 valence electrons. The van der Waals surface area contributed by atoms with Crippen molar-refractivity contribution in [3.8, 4) is 0 Å². The number of pyridine rings is 1. The maximum absolute atomic E-state index is 14.8. The Labute approximate surface area is 307 Å². The van der Waals surface area contributed by atoms with Crippen LogP contribution in [-0.4, -0.2) is 9.38 Å². The van der Waals surface area contributed by atoms with E-state index in [0.717, 1.165) is 61.3 Å². The van der Waals surface area contributed by atoms with Crippen LogP contribution in [0.5, 0.6) is 0 Å². The van der Waals surface area contributed by atoms with Crippen LogP contribution >= 0.6 is 0 Å². The zero-order valence-electron chi connectivity index (χ0n) is 30.1. The number of nitrogens with zero attached hydrogens (tertiary/aromatic N) is 4. The summed E-state index contributed by atoms with van der Waals surface area (Å²) < 4.78 is 1.80. The number of benzene rings is 7. The third-order valence-corrected chi connectivity index (χ3v) is 12.1. The van der Waals surface area contributed by atoms with Crippen LogP contribution in [0.3, 0.4) is 0 Å². The molecule has 9 aromatic rings. The summed E-state index contributed by atoms with van der Waals surface area (Å²) in [7, 11) is 0. The number of hydrogen-bond acceptors (Lipinski definition) is 4. The predicted molar refractivity (Wildman–Crippen MR) is 219 cm³/mol. The quantitative estimate of drug-likeness (QED) is 0.182. The van der Waals surface area contributed by atoms with Gasteiger partial charge in [0.2, 0.25) is 0 Å². The molecule has 7 aromatic carbocycles. The lowest BCUT2D eigenvalue weighted by Crippen LogP contribution is -2.31. The highest BCUT2D eigenvalue weighted by atomic mass is 16.1. The molecule has 4 heterocycles. The average molecular weight is 685 g/mol. The molecule has 5 heteroatoms. The van der Waals surface area contributed by atoms with E-state index in [-0.39, 0.29) is 16.4 Å². The first kappa shape index (κ1) is 30.2. The molecule has 2 aromatic heterocycles. The first-order valence-electron chi connectivity index (χ1n) is 18.4. The lowest BCUT2D eigenvalue weighted by Gasteiger charge is -2.44. The Morgan fingerprint density at radius 3 is 1.34 bits per heavy atom. The van der Waals surface area contributed by atoms with E-state index in [1.807, 2.05) is 30.3 Å². The summed E-state index contributed by atoms with van der Waals surface area (Å²) in [5, 5.41) is 3.57. The number of anilines is 6. The SMILES string of the molecule is CC1(C)c2ccccc2N(c2ccc3c(=O)n4c5ccccc5nc4c4ccc(N5c6ccccc6C(C)(C)c6ccccc65)c2c34)c2ccccc21. The van der Waals surface area contributed by atoms with Crippen molar-refractivity contribution in [3.63, 3.8) is 0 Å². The summed E-state index contributed by atoms with van der Waals surface area (Å²) in [6.07, 6.45) is 0. The highest BCUT2D eigenvalue weighted by Crippen LogP contribution is 2.57. The third kappa shape index (κ3) is 3.81. The standard InChI is InChI=1S/C48H36N4O/c1-47(2)31-15-5-10-20-36(31)50(37-21-11-6-16-32(37)47)41-27-25-29-43-30(46(53)52-40-24-14-9-19-35(40)49-45(29)52)26-28-42(44(41)43)51-38-22-12-7-17-33(38)48(3,4)34-18-8-13-23-39(34)51/h5-28H,1-4H3. The van der Waals surface area contributed by atoms with Crippen molar-refractivity contribution in [2.24, 2.45) is 0 Å². The van der Waals surface area contributed by atoms with E-state index in [1.54, 1.807) is 4.40 Å². The van der Waals surface area contributed by atoms with Gasteiger partial charge in [0.25, 0.3) is 5.56 Å². The first-order valence-corrected chi connectivity index (χ1v) is 18.4. The summed E-state index contributed by atoms with van der Waals surface area (Å²) in [5.41, 5.74) is 13.4. The van der Waals surface area contributed by atoms with Crippen LogP contribution in [0, 0.1) is 0 Å². The van der Waals surface area contributed by atoms with Gasteiger partial charge in [-0.05, 0) is 82.9 Å². The van der Waals surface area contributed by atoms with Gasteiger partial charge in [-0.2, -0.15) is 0 Å². The zero-order valence-corrected chi connectivity index (χ0v) is 30.1. The van der Waals surface area contributed by atoms with Gasteiger partial charge in [-0.15, -0.1) is 0 Å². The molecular weight excluding hydrogens is 649 g/mol. The van der Waals surface area contributed by atoms with Gasteiger partial charge >= 0.3 is 0 Å². The van der Waals surface area contributed by atoms with Gasteiger partial charge < -0.3 is 9.80 Å². The van der Waals surface area contributed by atoms with Crippen molar-refractivity contribution in [1.82, 2.24) is 9.38 Å². The molecule has 53 heavy (non-hydrogen) atoms. The minimum Gasteiger partial charge on any atom is -0.309 e. The van der Waals surface area contributed by atoms with E-state index in [4.69, 9.17) is 4.98 Å². The lowest BCUT2D eigenvalue weighted by molar-refractivity contribution is 0.632. The second kappa shape index (κ2) is 10.3. The summed E-state index contributed by atoms with van der Waals surface area (Å²) in [6, 6.07) is 51.7. The first-order chi connectivity index (χ1) is 25.8. The second-order valence-electron chi connectivity index (χ2n) is 15.6. The monoisotopic (exact) mass is 684 g/mol. The molecule has 0 saturated carbocycles. The van der Waals surface area contributed by atoms with Gasteiger partial charge in [0.05, 0.1) is 45.2 Å². The highest BCUT2D eigenvalue weighted by Gasteiger charge is 2.40. The average Bonchev–Trinajstić information content (AvgIpc) is 3.58. The van der Waals surface area contributed by atoms with Crippen LogP contribution in [0.2, 0.25) is 0 Å². The van der Waals surface area contributed by atoms with Crippen molar-refractivity contribution >= 4 is 72.3 Å². The number of rotatable bonds is 2. The zero-order chi connectivity index (χ0) is 35.8. The molecule has 0 atom stereocenters. The van der Waals surface area contributed by atoms with E-state index in [9.17, 15) is 4.79 Å². The largest absolute Gasteiger partial charge is 0.309 e. The highest BCUT2D eigenvalue weighted by molar-refractivity contribution is 6.24. The predicted octanol–water partition coefficient (Wildman–Crippen LogP) is 11.8. The lowest BCUT2D eigenvalue weighted by atomic mass is 9.73. The number of imidazole rings is 1. The molecule has 0 bridgehead atoms. The molecule has 0 amide bonds. The summed E-state index contributed by atoms with van der Waals surface area (Å²) >= 11 is 0. The summed E-state index contributed by atoms with van der Waals surface area (Å²) in [4.78, 5) is 24.8. The van der Waals surface area contributed by atoms with Gasteiger partial charge in [-0.3, -0.25) is 9.20 Å². The van der Waals surface area contributed by atoms with Gasteiger partial charge in [0.15, 0.2) is 0 Å². The minimum atomic E-state index is -0.212. The van der Waals surface area contributed by atoms with Crippen LogP contribution in [0.15, 0.2) is 150 Å². The Hall–Kier alpha value is -6.46. The Balaban J connectivity index is 1.34. The normalized spacial score (nSPS) is 15.5. The Kier molecular flexibility index (Phi) is 5.88. The second-order valence-corrected chi connectivity index (χ2v) is 15.6. The van der Waals surface area contributed by atoms with Crippen molar-refractivity contribution in [2.75, 3.05) is 9.80 Å². The topological polar surface area (TPSA) is 40.9 Å². The van der Waals surface area contributed by atoms with Gasteiger partial charge in [0.1, 0.15) is 5.65 Å². The molecule has 2 aliphatic rings. The fraction of sp³-hybridized carbons (Fsp3) is 0.125. The maximum Gasteiger partial charge on any atom is 0.264 e. The molecule has 11 rings (SSSR count). The van der Waals surface area contributed by atoms with E-state index < -0.39 is 0 Å². The minimum absolute atomic E-state index is 0.0592. The Morgan fingerprint density at radius 1 is 0.434 bits per heavy atom. The number of aromatic nitrogens is 2. The van der Waals surface area contributed by atoms with Crippen molar-refractivity contribution < 1.29 is 0 Å².